The summed E-state index contributed by atoms with van der Waals surface area (Å²) in [5.41, 5.74) is 5.60. The molecule has 2 nitrogen and oxygen atoms in total. The zero-order chi connectivity index (χ0) is 15.6. The first-order chi connectivity index (χ1) is 9.80. The number of benzene rings is 1. The molecule has 0 fully saturated rings. The molecule has 0 atom stereocenters. The predicted molar refractivity (Wildman–Crippen MR) is 92.0 cm³/mol. The number of nitrogens with one attached hydrogen (secondary N) is 1. The average molecular weight is 282 g/mol. The van der Waals surface area contributed by atoms with Gasteiger partial charge in [-0.3, -0.25) is 0 Å². The first kappa shape index (κ1) is 15.7. The molecule has 0 saturated carbocycles. The Morgan fingerprint density at radius 2 is 1.86 bits per heavy atom. The summed E-state index contributed by atoms with van der Waals surface area (Å²) in [7, 11) is 4.19. The van der Waals surface area contributed by atoms with E-state index in [1.165, 1.54) is 16.7 Å². The highest BCUT2D eigenvalue weighted by Crippen LogP contribution is 2.33. The van der Waals surface area contributed by atoms with Crippen molar-refractivity contribution in [2.45, 2.75) is 27.2 Å². The quantitative estimate of drug-likeness (QED) is 0.815. The van der Waals surface area contributed by atoms with Gasteiger partial charge in [0, 0.05) is 23.2 Å². The zero-order valence-corrected chi connectivity index (χ0v) is 13.8. The fourth-order valence-electron chi connectivity index (χ4n) is 2.69. The number of nitrogens with zero attached hydrogens (tertiary/aromatic N) is 1. The molecule has 1 aromatic carbocycles. The standard InChI is InChI=1S/C19H26N2/c1-19(2,3)18(20)17-11-7-6-10-16(17)15-12-8-9-14(15)13-21(4)5/h6-11,20H,12-13H2,1-5H3. The van der Waals surface area contributed by atoms with Crippen LogP contribution < -0.4 is 0 Å². The highest BCUT2D eigenvalue weighted by Gasteiger charge is 2.23. The van der Waals surface area contributed by atoms with Crippen LogP contribution >= 0.6 is 0 Å². The van der Waals surface area contributed by atoms with Crippen LogP contribution in [-0.2, 0) is 0 Å². The maximum Gasteiger partial charge on any atom is 0.0445 e. The summed E-state index contributed by atoms with van der Waals surface area (Å²) in [6, 6.07) is 8.36. The van der Waals surface area contributed by atoms with E-state index in [1.807, 2.05) is 6.07 Å². The van der Waals surface area contributed by atoms with Gasteiger partial charge in [0.1, 0.15) is 0 Å². The van der Waals surface area contributed by atoms with Crippen LogP contribution in [0.4, 0.5) is 0 Å². The van der Waals surface area contributed by atoms with Gasteiger partial charge < -0.3 is 10.3 Å². The van der Waals surface area contributed by atoms with E-state index < -0.39 is 0 Å². The van der Waals surface area contributed by atoms with Crippen molar-refractivity contribution in [3.63, 3.8) is 0 Å². The van der Waals surface area contributed by atoms with Crippen LogP contribution in [0, 0.1) is 10.8 Å². The summed E-state index contributed by atoms with van der Waals surface area (Å²) in [6.45, 7) is 7.26. The van der Waals surface area contributed by atoms with E-state index >= 15 is 0 Å². The van der Waals surface area contributed by atoms with Crippen LogP contribution in [0.15, 0.2) is 42.0 Å². The Hall–Kier alpha value is -1.67. The van der Waals surface area contributed by atoms with Gasteiger partial charge in [-0.1, -0.05) is 57.2 Å². The van der Waals surface area contributed by atoms with Crippen LogP contribution in [0.5, 0.6) is 0 Å². The molecule has 1 aliphatic carbocycles. The maximum absolute atomic E-state index is 8.54. The van der Waals surface area contributed by atoms with Crippen molar-refractivity contribution < 1.29 is 0 Å². The summed E-state index contributed by atoms with van der Waals surface area (Å²) in [4.78, 5) is 2.20. The van der Waals surface area contributed by atoms with Crippen molar-refractivity contribution in [2.24, 2.45) is 5.41 Å². The second-order valence-corrected chi connectivity index (χ2v) is 7.02. The summed E-state index contributed by atoms with van der Waals surface area (Å²) in [5.74, 6) is 0. The third kappa shape index (κ3) is 3.51. The summed E-state index contributed by atoms with van der Waals surface area (Å²) in [6.07, 6.45) is 5.43. The lowest BCUT2D eigenvalue weighted by Crippen LogP contribution is -2.22. The molecule has 0 aliphatic heterocycles. The molecular weight excluding hydrogens is 256 g/mol. The lowest BCUT2D eigenvalue weighted by Gasteiger charge is -2.23. The van der Waals surface area contributed by atoms with Gasteiger partial charge in [-0.25, -0.2) is 0 Å². The Labute approximate surface area is 128 Å². The minimum absolute atomic E-state index is 0.135. The van der Waals surface area contributed by atoms with Gasteiger partial charge in [-0.15, -0.1) is 0 Å². The molecule has 0 heterocycles. The number of likely N-dealkylation sites (N-methyl/N-ethyl adjacent to an activating group) is 1. The van der Waals surface area contributed by atoms with E-state index in [-0.39, 0.29) is 5.41 Å². The SMILES string of the molecule is CN(C)CC1=C(c2ccccc2C(=N)C(C)(C)C)CC=C1. The van der Waals surface area contributed by atoms with Gasteiger partial charge in [0.2, 0.25) is 0 Å². The average Bonchev–Trinajstić information content (AvgIpc) is 2.84. The van der Waals surface area contributed by atoms with E-state index in [0.29, 0.717) is 5.71 Å². The number of hydrogen-bond donors (Lipinski definition) is 1. The number of rotatable bonds is 4. The molecule has 2 rings (SSSR count). The predicted octanol–water partition coefficient (Wildman–Crippen LogP) is 4.38. The van der Waals surface area contributed by atoms with Crippen molar-refractivity contribution in [2.75, 3.05) is 20.6 Å². The van der Waals surface area contributed by atoms with Crippen LogP contribution in [-0.4, -0.2) is 31.3 Å². The van der Waals surface area contributed by atoms with Gasteiger partial charge in [0.05, 0.1) is 0 Å². The lowest BCUT2D eigenvalue weighted by molar-refractivity contribution is 0.450. The Morgan fingerprint density at radius 3 is 2.48 bits per heavy atom. The minimum atomic E-state index is -0.135. The fraction of sp³-hybridized carbons (Fsp3) is 0.421. The second-order valence-electron chi connectivity index (χ2n) is 7.02. The zero-order valence-electron chi connectivity index (χ0n) is 13.8. The topological polar surface area (TPSA) is 27.1 Å². The summed E-state index contributed by atoms with van der Waals surface area (Å²) < 4.78 is 0. The van der Waals surface area contributed by atoms with Gasteiger partial charge in [-0.05, 0) is 37.2 Å². The molecule has 1 N–H and O–H groups in total. The molecule has 0 unspecified atom stereocenters. The Kier molecular flexibility index (Phi) is 4.48. The van der Waals surface area contributed by atoms with Gasteiger partial charge in [0.25, 0.3) is 0 Å². The Morgan fingerprint density at radius 1 is 1.19 bits per heavy atom. The molecule has 0 amide bonds. The second kappa shape index (κ2) is 5.98. The molecule has 1 aliphatic rings. The van der Waals surface area contributed by atoms with Crippen LogP contribution in [0.3, 0.4) is 0 Å². The van der Waals surface area contributed by atoms with E-state index in [9.17, 15) is 0 Å². The van der Waals surface area contributed by atoms with E-state index in [2.05, 4.69) is 70.1 Å². The molecule has 0 spiro atoms. The first-order valence-electron chi connectivity index (χ1n) is 7.53. The normalized spacial score (nSPS) is 15.1. The lowest BCUT2D eigenvalue weighted by atomic mass is 9.82. The fourth-order valence-corrected chi connectivity index (χ4v) is 2.69. The molecular formula is C19H26N2. The van der Waals surface area contributed by atoms with Crippen molar-refractivity contribution in [1.29, 1.82) is 5.41 Å². The Balaban J connectivity index is 2.48. The van der Waals surface area contributed by atoms with E-state index in [0.717, 1.165) is 18.5 Å². The molecule has 1 aromatic rings. The monoisotopic (exact) mass is 282 g/mol. The van der Waals surface area contributed by atoms with Crippen LogP contribution in [0.25, 0.3) is 5.57 Å². The smallest absolute Gasteiger partial charge is 0.0445 e. The summed E-state index contributed by atoms with van der Waals surface area (Å²) in [5, 5.41) is 8.54. The highest BCUT2D eigenvalue weighted by molar-refractivity contribution is 6.06. The molecule has 0 radical (unpaired) electrons. The molecule has 2 heteroatoms. The maximum atomic E-state index is 8.54. The van der Waals surface area contributed by atoms with Gasteiger partial charge in [-0.2, -0.15) is 0 Å². The first-order valence-corrected chi connectivity index (χ1v) is 7.53. The molecule has 0 aromatic heterocycles. The van der Waals surface area contributed by atoms with Crippen LogP contribution in [0.2, 0.25) is 0 Å². The van der Waals surface area contributed by atoms with E-state index in [4.69, 9.17) is 5.41 Å². The molecule has 0 bridgehead atoms. The molecule has 0 saturated heterocycles. The van der Waals surface area contributed by atoms with Crippen LogP contribution in [0.1, 0.15) is 38.3 Å². The summed E-state index contributed by atoms with van der Waals surface area (Å²) >= 11 is 0. The highest BCUT2D eigenvalue weighted by atomic mass is 15.0. The van der Waals surface area contributed by atoms with E-state index in [1.54, 1.807) is 0 Å². The molecule has 112 valence electrons. The Bertz CT molecular complexity index is 598. The number of hydrogen-bond acceptors (Lipinski definition) is 2. The minimum Gasteiger partial charge on any atom is -0.305 e. The third-order valence-corrected chi connectivity index (χ3v) is 3.79. The van der Waals surface area contributed by atoms with Crippen molar-refractivity contribution in [3.8, 4) is 0 Å². The molecule has 21 heavy (non-hydrogen) atoms. The van der Waals surface area contributed by atoms with Crippen molar-refractivity contribution >= 4 is 11.3 Å². The van der Waals surface area contributed by atoms with Crippen molar-refractivity contribution in [3.05, 3.63) is 53.1 Å². The van der Waals surface area contributed by atoms with Gasteiger partial charge >= 0.3 is 0 Å². The largest absolute Gasteiger partial charge is 0.305 e. The van der Waals surface area contributed by atoms with Gasteiger partial charge in [0.15, 0.2) is 0 Å². The third-order valence-electron chi connectivity index (χ3n) is 3.79. The number of allylic oxidation sites excluding steroid dienone is 2. The van der Waals surface area contributed by atoms with Crippen molar-refractivity contribution in [1.82, 2.24) is 4.90 Å².